The zero-order chi connectivity index (χ0) is 18.7. The lowest BCUT2D eigenvalue weighted by molar-refractivity contribution is 0.0736. The van der Waals surface area contributed by atoms with E-state index in [-0.39, 0.29) is 18.2 Å². The van der Waals surface area contributed by atoms with Crippen LogP contribution < -0.4 is 9.47 Å². The molecule has 0 unspecified atom stereocenters. The lowest BCUT2D eigenvalue weighted by Gasteiger charge is -2.12. The number of benzene rings is 1. The number of hydrogen-bond acceptors (Lipinski definition) is 7. The molecule has 0 spiro atoms. The molecule has 0 fully saturated rings. The number of nitrogens with zero attached hydrogens (tertiary/aromatic N) is 3. The van der Waals surface area contributed by atoms with Crippen molar-refractivity contribution < 1.29 is 23.2 Å². The molecule has 2 aromatic heterocycles. The van der Waals surface area contributed by atoms with Crippen LogP contribution in [-0.2, 0) is 6.54 Å². The number of carbonyl (C=O) groups excluding carboxylic acids is 1. The van der Waals surface area contributed by atoms with Crippen molar-refractivity contribution in [3.05, 3.63) is 46.7 Å². The van der Waals surface area contributed by atoms with Crippen LogP contribution in [-0.4, -0.2) is 42.2 Å². The smallest absolute Gasteiger partial charge is 0.289 e. The van der Waals surface area contributed by atoms with E-state index in [1.54, 1.807) is 51.6 Å². The van der Waals surface area contributed by atoms with Crippen molar-refractivity contribution in [1.82, 2.24) is 15.0 Å². The Bertz CT molecular complexity index is 921. The Balaban J connectivity index is 1.74. The molecular weight excluding hydrogens is 406 g/mol. The maximum Gasteiger partial charge on any atom is 0.289 e. The van der Waals surface area contributed by atoms with E-state index in [9.17, 15) is 4.79 Å². The fourth-order valence-corrected chi connectivity index (χ4v) is 2.61. The van der Waals surface area contributed by atoms with Gasteiger partial charge in [0.1, 0.15) is 6.54 Å². The van der Waals surface area contributed by atoms with Gasteiger partial charge in [-0.3, -0.25) is 4.79 Å². The number of methoxy groups -OCH3 is 2. The molecule has 26 heavy (non-hydrogen) atoms. The Labute approximate surface area is 157 Å². The van der Waals surface area contributed by atoms with Gasteiger partial charge in [-0.2, -0.15) is 4.98 Å². The largest absolute Gasteiger partial charge is 0.493 e. The second kappa shape index (κ2) is 7.61. The van der Waals surface area contributed by atoms with E-state index >= 15 is 0 Å². The molecule has 0 aliphatic rings. The number of ether oxygens (including phenoxy) is 2. The summed E-state index contributed by atoms with van der Waals surface area (Å²) in [6.45, 7) is 0.150. The normalized spacial score (nSPS) is 10.6. The fraction of sp³-hybridized carbons (Fsp3) is 0.235. The first kappa shape index (κ1) is 18.0. The maximum atomic E-state index is 12.3. The van der Waals surface area contributed by atoms with E-state index in [2.05, 4.69) is 26.1 Å². The standard InChI is InChI=1S/C17H16BrN3O5/c1-21(17(22)12-6-7-14(18)25-12)9-15-19-16(20-26-15)10-4-5-11(23-2)13(8-10)24-3/h4-8H,9H2,1-3H3. The predicted molar refractivity (Wildman–Crippen MR) is 95.0 cm³/mol. The highest BCUT2D eigenvalue weighted by Crippen LogP contribution is 2.31. The maximum absolute atomic E-state index is 12.3. The number of furan rings is 1. The number of aromatic nitrogens is 2. The second-order valence-corrected chi connectivity index (χ2v) is 6.13. The molecule has 0 aliphatic heterocycles. The number of rotatable bonds is 6. The SMILES string of the molecule is COc1ccc(-c2noc(CN(C)C(=O)c3ccc(Br)o3)n2)cc1OC. The average molecular weight is 422 g/mol. The van der Waals surface area contributed by atoms with E-state index < -0.39 is 0 Å². The Morgan fingerprint density at radius 2 is 1.96 bits per heavy atom. The van der Waals surface area contributed by atoms with Crippen molar-refractivity contribution in [1.29, 1.82) is 0 Å². The van der Waals surface area contributed by atoms with E-state index in [1.165, 1.54) is 4.90 Å². The van der Waals surface area contributed by atoms with E-state index in [0.29, 0.717) is 33.4 Å². The minimum Gasteiger partial charge on any atom is -0.493 e. The first-order valence-corrected chi connectivity index (χ1v) is 8.37. The summed E-state index contributed by atoms with van der Waals surface area (Å²) in [7, 11) is 4.74. The summed E-state index contributed by atoms with van der Waals surface area (Å²) in [5.41, 5.74) is 0.710. The summed E-state index contributed by atoms with van der Waals surface area (Å²) in [4.78, 5) is 18.0. The lowest BCUT2D eigenvalue weighted by Crippen LogP contribution is -2.25. The van der Waals surface area contributed by atoms with Crippen LogP contribution in [0.15, 0.2) is 43.9 Å². The molecule has 0 radical (unpaired) electrons. The number of amides is 1. The third-order valence-electron chi connectivity index (χ3n) is 3.61. The van der Waals surface area contributed by atoms with E-state index in [1.807, 2.05) is 0 Å². The molecule has 1 aromatic carbocycles. The molecule has 0 saturated heterocycles. The molecule has 3 aromatic rings. The molecule has 0 bridgehead atoms. The molecule has 0 aliphatic carbocycles. The highest BCUT2D eigenvalue weighted by molar-refractivity contribution is 9.10. The highest BCUT2D eigenvalue weighted by Gasteiger charge is 2.19. The number of carbonyl (C=O) groups is 1. The predicted octanol–water partition coefficient (Wildman–Crippen LogP) is 3.38. The van der Waals surface area contributed by atoms with E-state index in [0.717, 1.165) is 0 Å². The van der Waals surface area contributed by atoms with Gasteiger partial charge in [0.2, 0.25) is 11.7 Å². The van der Waals surface area contributed by atoms with Crippen molar-refractivity contribution in [2.75, 3.05) is 21.3 Å². The zero-order valence-electron chi connectivity index (χ0n) is 14.4. The molecule has 8 nitrogen and oxygen atoms in total. The molecule has 136 valence electrons. The van der Waals surface area contributed by atoms with Crippen LogP contribution in [0.2, 0.25) is 0 Å². The Morgan fingerprint density at radius 1 is 1.19 bits per heavy atom. The molecule has 3 rings (SSSR count). The quantitative estimate of drug-likeness (QED) is 0.602. The first-order valence-electron chi connectivity index (χ1n) is 7.57. The molecular formula is C17H16BrN3O5. The van der Waals surface area contributed by atoms with Gasteiger partial charge >= 0.3 is 0 Å². The summed E-state index contributed by atoms with van der Waals surface area (Å²) in [6, 6.07) is 8.55. The van der Waals surface area contributed by atoms with Gasteiger partial charge in [0.05, 0.1) is 14.2 Å². The van der Waals surface area contributed by atoms with Gasteiger partial charge in [0, 0.05) is 12.6 Å². The summed E-state index contributed by atoms with van der Waals surface area (Å²) < 4.78 is 21.5. The minimum absolute atomic E-state index is 0.150. The van der Waals surface area contributed by atoms with Gasteiger partial charge in [0.15, 0.2) is 21.9 Å². The van der Waals surface area contributed by atoms with Crippen LogP contribution in [0, 0.1) is 0 Å². The zero-order valence-corrected chi connectivity index (χ0v) is 15.9. The van der Waals surface area contributed by atoms with Crippen LogP contribution >= 0.6 is 15.9 Å². The second-order valence-electron chi connectivity index (χ2n) is 5.35. The third-order valence-corrected chi connectivity index (χ3v) is 4.04. The molecule has 0 atom stereocenters. The fourth-order valence-electron chi connectivity index (χ4n) is 2.30. The van der Waals surface area contributed by atoms with Crippen molar-refractivity contribution in [2.24, 2.45) is 0 Å². The molecule has 0 saturated carbocycles. The number of halogens is 1. The van der Waals surface area contributed by atoms with Gasteiger partial charge < -0.3 is 23.3 Å². The van der Waals surface area contributed by atoms with Crippen LogP contribution in [0.3, 0.4) is 0 Å². The Morgan fingerprint density at radius 3 is 2.62 bits per heavy atom. The van der Waals surface area contributed by atoms with Gasteiger partial charge in [-0.05, 0) is 46.3 Å². The molecule has 2 heterocycles. The summed E-state index contributed by atoms with van der Waals surface area (Å²) >= 11 is 3.17. The third kappa shape index (κ3) is 3.72. The first-order chi connectivity index (χ1) is 12.5. The summed E-state index contributed by atoms with van der Waals surface area (Å²) in [5.74, 6) is 1.79. The molecule has 0 N–H and O–H groups in total. The topological polar surface area (TPSA) is 90.8 Å². The van der Waals surface area contributed by atoms with Crippen molar-refractivity contribution in [3.8, 4) is 22.9 Å². The van der Waals surface area contributed by atoms with Crippen LogP contribution in [0.1, 0.15) is 16.4 Å². The van der Waals surface area contributed by atoms with Gasteiger partial charge in [-0.25, -0.2) is 0 Å². The monoisotopic (exact) mass is 421 g/mol. The van der Waals surface area contributed by atoms with Crippen molar-refractivity contribution >= 4 is 21.8 Å². The highest BCUT2D eigenvalue weighted by atomic mass is 79.9. The van der Waals surface area contributed by atoms with Gasteiger partial charge in [0.25, 0.3) is 5.91 Å². The van der Waals surface area contributed by atoms with Crippen LogP contribution in [0.25, 0.3) is 11.4 Å². The number of hydrogen-bond donors (Lipinski definition) is 0. The summed E-state index contributed by atoms with van der Waals surface area (Å²) in [6.07, 6.45) is 0. The van der Waals surface area contributed by atoms with Crippen molar-refractivity contribution in [2.45, 2.75) is 6.54 Å². The Hall–Kier alpha value is -2.81. The van der Waals surface area contributed by atoms with E-state index in [4.69, 9.17) is 18.4 Å². The molecule has 1 amide bonds. The average Bonchev–Trinajstić information content (AvgIpc) is 3.29. The lowest BCUT2D eigenvalue weighted by atomic mass is 10.2. The van der Waals surface area contributed by atoms with Gasteiger partial charge in [-0.1, -0.05) is 5.16 Å². The van der Waals surface area contributed by atoms with Crippen LogP contribution in [0.4, 0.5) is 0 Å². The van der Waals surface area contributed by atoms with Crippen LogP contribution in [0.5, 0.6) is 11.5 Å². The van der Waals surface area contributed by atoms with Gasteiger partial charge in [-0.15, -0.1) is 0 Å². The summed E-state index contributed by atoms with van der Waals surface area (Å²) in [5, 5.41) is 3.96. The van der Waals surface area contributed by atoms with Crippen molar-refractivity contribution in [3.63, 3.8) is 0 Å². The Kier molecular flexibility index (Phi) is 5.27. The minimum atomic E-state index is -0.290. The molecule has 9 heteroatoms.